The van der Waals surface area contributed by atoms with Crippen LogP contribution in [0.25, 0.3) is 0 Å². The lowest BCUT2D eigenvalue weighted by Gasteiger charge is -2.24. The molecule has 0 saturated heterocycles. The van der Waals surface area contributed by atoms with Gasteiger partial charge in [-0.25, -0.2) is 9.59 Å². The van der Waals surface area contributed by atoms with Crippen LogP contribution in [0.1, 0.15) is 36.8 Å². The third-order valence-electron chi connectivity index (χ3n) is 2.67. The normalized spacial score (nSPS) is 14.2. The molecule has 0 spiro atoms. The number of hydrogen-bond donors (Lipinski definition) is 1. The van der Waals surface area contributed by atoms with Gasteiger partial charge in [-0.3, -0.25) is 9.88 Å². The summed E-state index contributed by atoms with van der Waals surface area (Å²) in [7, 11) is 0. The number of ether oxygens (including phenoxy) is 1. The van der Waals surface area contributed by atoms with Crippen LogP contribution in [0.15, 0.2) is 12.3 Å². The van der Waals surface area contributed by atoms with Crippen LogP contribution < -0.4 is 4.90 Å². The third kappa shape index (κ3) is 2.83. The summed E-state index contributed by atoms with van der Waals surface area (Å²) in [6, 6.07) is 1.46. The molecule has 1 N–H and O–H groups in total. The van der Waals surface area contributed by atoms with E-state index in [1.807, 2.05) is 0 Å². The van der Waals surface area contributed by atoms with Crippen LogP contribution in [0.3, 0.4) is 0 Å². The van der Waals surface area contributed by atoms with Crippen molar-refractivity contribution in [2.75, 3.05) is 11.4 Å². The van der Waals surface area contributed by atoms with Crippen molar-refractivity contribution in [3.8, 4) is 0 Å². The van der Waals surface area contributed by atoms with E-state index in [-0.39, 0.29) is 5.56 Å². The fraction of sp³-hybridized carbons (Fsp3) is 0.462. The standard InChI is InChI=1S/C13H16N2O4/c1-13(2,3)19-12(18)15-5-4-9-10(15)6-8(7-14-9)11(16)17/h6-7H,4-5H2,1-3H3,(H,16,17). The summed E-state index contributed by atoms with van der Waals surface area (Å²) in [5.41, 5.74) is 0.719. The zero-order valence-electron chi connectivity index (χ0n) is 11.1. The highest BCUT2D eigenvalue weighted by molar-refractivity contribution is 5.94. The SMILES string of the molecule is CC(C)(C)OC(=O)N1CCc2ncc(C(=O)O)cc21. The van der Waals surface area contributed by atoms with Crippen LogP contribution in [-0.4, -0.2) is 34.3 Å². The fourth-order valence-corrected chi connectivity index (χ4v) is 1.87. The zero-order valence-corrected chi connectivity index (χ0v) is 11.1. The first-order valence-electron chi connectivity index (χ1n) is 6.00. The number of aromatic carboxylic acids is 1. The molecule has 0 fully saturated rings. The average molecular weight is 264 g/mol. The van der Waals surface area contributed by atoms with Crippen molar-refractivity contribution >= 4 is 17.7 Å². The molecule has 0 unspecified atom stereocenters. The minimum absolute atomic E-state index is 0.0641. The Morgan fingerprint density at radius 1 is 1.42 bits per heavy atom. The molecular weight excluding hydrogens is 248 g/mol. The van der Waals surface area contributed by atoms with Crippen molar-refractivity contribution in [3.63, 3.8) is 0 Å². The largest absolute Gasteiger partial charge is 0.478 e. The lowest BCUT2D eigenvalue weighted by Crippen LogP contribution is -2.35. The molecule has 0 saturated carbocycles. The second-order valence-electron chi connectivity index (χ2n) is 5.38. The summed E-state index contributed by atoms with van der Waals surface area (Å²) in [4.78, 5) is 28.5. The van der Waals surface area contributed by atoms with Gasteiger partial charge in [-0.2, -0.15) is 0 Å². The van der Waals surface area contributed by atoms with Crippen LogP contribution >= 0.6 is 0 Å². The van der Waals surface area contributed by atoms with E-state index < -0.39 is 17.7 Å². The molecule has 19 heavy (non-hydrogen) atoms. The molecule has 6 heteroatoms. The number of carboxylic acid groups (broad SMARTS) is 1. The van der Waals surface area contributed by atoms with Gasteiger partial charge in [0.2, 0.25) is 0 Å². The van der Waals surface area contributed by atoms with Gasteiger partial charge >= 0.3 is 12.1 Å². The molecule has 2 rings (SSSR count). The number of aromatic nitrogens is 1. The van der Waals surface area contributed by atoms with Crippen LogP contribution in [0, 0.1) is 0 Å². The average Bonchev–Trinajstić information content (AvgIpc) is 2.68. The Bertz CT molecular complexity index is 534. The zero-order chi connectivity index (χ0) is 14.2. The number of carboxylic acids is 1. The number of nitrogens with zero attached hydrogens (tertiary/aromatic N) is 2. The maximum atomic E-state index is 12.0. The minimum Gasteiger partial charge on any atom is -0.478 e. The molecule has 1 aromatic heterocycles. The highest BCUT2D eigenvalue weighted by Crippen LogP contribution is 2.28. The maximum absolute atomic E-state index is 12.0. The number of carbonyl (C=O) groups excluding carboxylic acids is 1. The molecule has 0 aliphatic carbocycles. The highest BCUT2D eigenvalue weighted by atomic mass is 16.6. The van der Waals surface area contributed by atoms with Gasteiger partial charge in [0, 0.05) is 19.2 Å². The fourth-order valence-electron chi connectivity index (χ4n) is 1.87. The quantitative estimate of drug-likeness (QED) is 0.840. The Labute approximate surface area is 111 Å². The van der Waals surface area contributed by atoms with Crippen molar-refractivity contribution in [2.24, 2.45) is 0 Å². The van der Waals surface area contributed by atoms with Crippen molar-refractivity contribution in [3.05, 3.63) is 23.5 Å². The van der Waals surface area contributed by atoms with Crippen LogP contribution in [0.2, 0.25) is 0 Å². The number of carbonyl (C=O) groups is 2. The number of hydrogen-bond acceptors (Lipinski definition) is 4. The molecule has 0 aromatic carbocycles. The Balaban J connectivity index is 2.28. The number of rotatable bonds is 1. The van der Waals surface area contributed by atoms with E-state index in [9.17, 15) is 9.59 Å². The van der Waals surface area contributed by atoms with Gasteiger partial charge in [0.05, 0.1) is 16.9 Å². The predicted octanol–water partition coefficient (Wildman–Crippen LogP) is 2.08. The van der Waals surface area contributed by atoms with E-state index in [0.29, 0.717) is 18.7 Å². The second kappa shape index (κ2) is 4.53. The first-order chi connectivity index (χ1) is 8.78. The first kappa shape index (κ1) is 13.3. The van der Waals surface area contributed by atoms with Gasteiger partial charge in [-0.05, 0) is 26.8 Å². The van der Waals surface area contributed by atoms with E-state index in [0.717, 1.165) is 5.69 Å². The van der Waals surface area contributed by atoms with Gasteiger partial charge < -0.3 is 9.84 Å². The summed E-state index contributed by atoms with van der Waals surface area (Å²) in [5, 5.41) is 8.95. The Morgan fingerprint density at radius 3 is 2.68 bits per heavy atom. The number of amides is 1. The predicted molar refractivity (Wildman–Crippen MR) is 68.5 cm³/mol. The Kier molecular flexibility index (Phi) is 3.18. The number of anilines is 1. The van der Waals surface area contributed by atoms with E-state index in [1.165, 1.54) is 17.2 Å². The second-order valence-corrected chi connectivity index (χ2v) is 5.38. The van der Waals surface area contributed by atoms with E-state index >= 15 is 0 Å². The molecule has 1 aliphatic rings. The summed E-state index contributed by atoms with van der Waals surface area (Å²) >= 11 is 0. The lowest BCUT2D eigenvalue weighted by molar-refractivity contribution is 0.0582. The molecule has 1 aromatic rings. The molecule has 6 nitrogen and oxygen atoms in total. The molecule has 2 heterocycles. The van der Waals surface area contributed by atoms with Gasteiger partial charge in [-0.1, -0.05) is 0 Å². The van der Waals surface area contributed by atoms with Gasteiger partial charge in [-0.15, -0.1) is 0 Å². The monoisotopic (exact) mass is 264 g/mol. The Morgan fingerprint density at radius 2 is 2.11 bits per heavy atom. The van der Waals surface area contributed by atoms with Crippen molar-refractivity contribution in [1.82, 2.24) is 4.98 Å². The molecule has 0 radical (unpaired) electrons. The summed E-state index contributed by atoms with van der Waals surface area (Å²) in [5.74, 6) is -1.06. The van der Waals surface area contributed by atoms with Gasteiger partial charge in [0.25, 0.3) is 0 Å². The summed E-state index contributed by atoms with van der Waals surface area (Å²) < 4.78 is 5.29. The highest BCUT2D eigenvalue weighted by Gasteiger charge is 2.30. The van der Waals surface area contributed by atoms with Gasteiger partial charge in [0.15, 0.2) is 0 Å². The minimum atomic E-state index is -1.06. The van der Waals surface area contributed by atoms with Crippen LogP contribution in [0.5, 0.6) is 0 Å². The smallest absolute Gasteiger partial charge is 0.414 e. The molecule has 1 amide bonds. The molecule has 1 aliphatic heterocycles. The molecule has 0 atom stereocenters. The summed E-state index contributed by atoms with van der Waals surface area (Å²) in [6.07, 6.45) is 1.43. The Hall–Kier alpha value is -2.11. The topological polar surface area (TPSA) is 79.7 Å². The molecular formula is C13H16N2O4. The van der Waals surface area contributed by atoms with E-state index in [1.54, 1.807) is 20.8 Å². The van der Waals surface area contributed by atoms with Crippen molar-refractivity contribution < 1.29 is 19.4 Å². The van der Waals surface area contributed by atoms with E-state index in [4.69, 9.17) is 9.84 Å². The number of fused-ring (bicyclic) bond motifs is 1. The molecule has 102 valence electrons. The van der Waals surface area contributed by atoms with Crippen molar-refractivity contribution in [1.29, 1.82) is 0 Å². The maximum Gasteiger partial charge on any atom is 0.414 e. The van der Waals surface area contributed by atoms with Gasteiger partial charge in [0.1, 0.15) is 5.60 Å². The first-order valence-corrected chi connectivity index (χ1v) is 6.00. The third-order valence-corrected chi connectivity index (χ3v) is 2.67. The lowest BCUT2D eigenvalue weighted by atomic mass is 10.2. The van der Waals surface area contributed by atoms with Crippen LogP contribution in [-0.2, 0) is 11.2 Å². The van der Waals surface area contributed by atoms with Crippen LogP contribution in [0.4, 0.5) is 10.5 Å². The molecule has 0 bridgehead atoms. The summed E-state index contributed by atoms with van der Waals surface area (Å²) in [6.45, 7) is 5.82. The van der Waals surface area contributed by atoms with E-state index in [2.05, 4.69) is 4.98 Å². The van der Waals surface area contributed by atoms with Crippen molar-refractivity contribution in [2.45, 2.75) is 32.8 Å². The number of pyridine rings is 1.